The Kier molecular flexibility index (Phi) is 3.90. The van der Waals surface area contributed by atoms with Crippen LogP contribution >= 0.6 is 0 Å². The van der Waals surface area contributed by atoms with Gasteiger partial charge in [0.25, 0.3) is 0 Å². The number of urea groups is 1. The van der Waals surface area contributed by atoms with E-state index >= 15 is 0 Å². The number of carboxylic acids is 1. The molecule has 1 aromatic rings. The van der Waals surface area contributed by atoms with Crippen molar-refractivity contribution in [2.45, 2.75) is 26.3 Å². The van der Waals surface area contributed by atoms with E-state index in [9.17, 15) is 14.0 Å². The molecule has 0 atom stereocenters. The molecule has 0 unspecified atom stereocenters. The molecule has 0 heterocycles. The number of hydrogen-bond donors (Lipinski definition) is 3. The maximum atomic E-state index is 13.1. The zero-order valence-electron chi connectivity index (χ0n) is 10.4. The molecule has 0 radical (unpaired) electrons. The zero-order valence-corrected chi connectivity index (χ0v) is 10.4. The summed E-state index contributed by atoms with van der Waals surface area (Å²) in [6.07, 6.45) is 0. The molecule has 5 nitrogen and oxygen atoms in total. The normalized spacial score (nSPS) is 10.9. The van der Waals surface area contributed by atoms with E-state index in [1.54, 1.807) is 20.8 Å². The van der Waals surface area contributed by atoms with E-state index in [2.05, 4.69) is 10.6 Å². The van der Waals surface area contributed by atoms with Crippen molar-refractivity contribution >= 4 is 17.7 Å². The number of carbonyl (C=O) groups is 2. The van der Waals surface area contributed by atoms with Crippen LogP contribution in [-0.2, 0) is 0 Å². The third-order valence-corrected chi connectivity index (χ3v) is 1.94. The summed E-state index contributed by atoms with van der Waals surface area (Å²) in [6, 6.07) is 2.88. The number of rotatable bonds is 2. The second kappa shape index (κ2) is 5.03. The van der Waals surface area contributed by atoms with Gasteiger partial charge in [-0.25, -0.2) is 14.0 Å². The van der Waals surface area contributed by atoms with Crippen LogP contribution in [-0.4, -0.2) is 22.6 Å². The van der Waals surface area contributed by atoms with E-state index in [1.165, 1.54) is 6.07 Å². The van der Waals surface area contributed by atoms with Crippen LogP contribution in [0, 0.1) is 5.82 Å². The van der Waals surface area contributed by atoms with Crippen molar-refractivity contribution in [3.63, 3.8) is 0 Å². The van der Waals surface area contributed by atoms with E-state index in [0.29, 0.717) is 0 Å². The van der Waals surface area contributed by atoms with Gasteiger partial charge in [-0.05, 0) is 39.0 Å². The highest BCUT2D eigenvalue weighted by atomic mass is 19.1. The molecule has 18 heavy (non-hydrogen) atoms. The molecular formula is C12H15FN2O3. The summed E-state index contributed by atoms with van der Waals surface area (Å²) < 4.78 is 13.1. The first-order valence-corrected chi connectivity index (χ1v) is 5.31. The quantitative estimate of drug-likeness (QED) is 0.758. The van der Waals surface area contributed by atoms with Gasteiger partial charge in [0.15, 0.2) is 0 Å². The number of hydrogen-bond acceptors (Lipinski definition) is 2. The Hall–Kier alpha value is -2.11. The number of benzene rings is 1. The van der Waals surface area contributed by atoms with Gasteiger partial charge in [-0.2, -0.15) is 0 Å². The minimum atomic E-state index is -1.38. The number of nitrogens with one attached hydrogen (secondary N) is 2. The van der Waals surface area contributed by atoms with Crippen LogP contribution in [0.1, 0.15) is 31.1 Å². The Morgan fingerprint density at radius 1 is 1.28 bits per heavy atom. The Morgan fingerprint density at radius 2 is 1.89 bits per heavy atom. The molecule has 0 saturated heterocycles. The standard InChI is InChI=1S/C12H15FN2O3/c1-12(2,3)15-11(18)14-7-4-5-9(13)8(6-7)10(16)17/h4-6H,1-3H3,(H,16,17)(H2,14,15,18). The van der Waals surface area contributed by atoms with E-state index in [-0.39, 0.29) is 5.69 Å². The van der Waals surface area contributed by atoms with Crippen LogP contribution in [0.5, 0.6) is 0 Å². The Balaban J connectivity index is 2.83. The van der Waals surface area contributed by atoms with Crippen LogP contribution in [0.4, 0.5) is 14.9 Å². The summed E-state index contributed by atoms with van der Waals surface area (Å²) >= 11 is 0. The first-order chi connectivity index (χ1) is 8.19. The molecule has 0 aliphatic rings. The Bertz CT molecular complexity index is 481. The lowest BCUT2D eigenvalue weighted by Gasteiger charge is -2.20. The highest BCUT2D eigenvalue weighted by molar-refractivity contribution is 5.93. The number of carboxylic acid groups (broad SMARTS) is 1. The average molecular weight is 254 g/mol. The lowest BCUT2D eigenvalue weighted by molar-refractivity contribution is 0.0692. The molecular weight excluding hydrogens is 239 g/mol. The first-order valence-electron chi connectivity index (χ1n) is 5.31. The molecule has 0 aliphatic carbocycles. The summed E-state index contributed by atoms with van der Waals surface area (Å²) in [5, 5.41) is 13.8. The van der Waals surface area contributed by atoms with Crippen LogP contribution in [0.2, 0.25) is 0 Å². The number of anilines is 1. The summed E-state index contributed by atoms with van der Waals surface area (Å²) in [7, 11) is 0. The van der Waals surface area contributed by atoms with Gasteiger partial charge >= 0.3 is 12.0 Å². The molecule has 0 spiro atoms. The van der Waals surface area contributed by atoms with Gasteiger partial charge in [-0.1, -0.05) is 0 Å². The van der Waals surface area contributed by atoms with E-state index in [4.69, 9.17) is 5.11 Å². The lowest BCUT2D eigenvalue weighted by atomic mass is 10.1. The zero-order chi connectivity index (χ0) is 13.9. The largest absolute Gasteiger partial charge is 0.478 e. The molecule has 0 saturated carbocycles. The fraction of sp³-hybridized carbons (Fsp3) is 0.333. The predicted octanol–water partition coefficient (Wildman–Crippen LogP) is 2.44. The molecule has 0 bridgehead atoms. The van der Waals surface area contributed by atoms with Crippen LogP contribution in [0.15, 0.2) is 18.2 Å². The smallest absolute Gasteiger partial charge is 0.338 e. The molecule has 0 fully saturated rings. The third kappa shape index (κ3) is 4.04. The molecule has 0 aliphatic heterocycles. The molecule has 3 N–H and O–H groups in total. The number of halogens is 1. The minimum Gasteiger partial charge on any atom is -0.478 e. The van der Waals surface area contributed by atoms with Crippen molar-refractivity contribution in [1.29, 1.82) is 0 Å². The highest BCUT2D eigenvalue weighted by Gasteiger charge is 2.15. The monoisotopic (exact) mass is 254 g/mol. The van der Waals surface area contributed by atoms with Crippen molar-refractivity contribution in [3.8, 4) is 0 Å². The topological polar surface area (TPSA) is 78.4 Å². The first kappa shape index (κ1) is 14.0. The molecule has 98 valence electrons. The molecule has 2 amide bonds. The number of amides is 2. The maximum Gasteiger partial charge on any atom is 0.338 e. The summed E-state index contributed by atoms with van der Waals surface area (Å²) in [4.78, 5) is 22.3. The minimum absolute atomic E-state index is 0.218. The molecule has 1 rings (SSSR count). The highest BCUT2D eigenvalue weighted by Crippen LogP contribution is 2.15. The van der Waals surface area contributed by atoms with E-state index in [1.807, 2.05) is 0 Å². The second-order valence-corrected chi connectivity index (χ2v) is 4.83. The predicted molar refractivity (Wildman–Crippen MR) is 65.3 cm³/mol. The van der Waals surface area contributed by atoms with Crippen molar-refractivity contribution < 1.29 is 19.1 Å². The molecule has 1 aromatic carbocycles. The van der Waals surface area contributed by atoms with Gasteiger partial charge in [0.2, 0.25) is 0 Å². The molecule has 0 aromatic heterocycles. The lowest BCUT2D eigenvalue weighted by Crippen LogP contribution is -2.43. The SMILES string of the molecule is CC(C)(C)NC(=O)Nc1ccc(F)c(C(=O)O)c1. The van der Waals surface area contributed by atoms with E-state index < -0.39 is 28.9 Å². The van der Waals surface area contributed by atoms with Crippen LogP contribution < -0.4 is 10.6 Å². The summed E-state index contributed by atoms with van der Waals surface area (Å²) in [5.74, 6) is -2.23. The van der Waals surface area contributed by atoms with Gasteiger partial charge in [-0.15, -0.1) is 0 Å². The fourth-order valence-corrected chi connectivity index (χ4v) is 1.27. The number of aromatic carboxylic acids is 1. The van der Waals surface area contributed by atoms with Crippen LogP contribution in [0.3, 0.4) is 0 Å². The fourth-order valence-electron chi connectivity index (χ4n) is 1.27. The number of carbonyl (C=O) groups excluding carboxylic acids is 1. The Morgan fingerprint density at radius 3 is 2.39 bits per heavy atom. The van der Waals surface area contributed by atoms with Gasteiger partial charge in [0, 0.05) is 11.2 Å². The van der Waals surface area contributed by atoms with Crippen molar-refractivity contribution in [1.82, 2.24) is 5.32 Å². The van der Waals surface area contributed by atoms with E-state index in [0.717, 1.165) is 12.1 Å². The Labute approximate surface area is 104 Å². The maximum absolute atomic E-state index is 13.1. The van der Waals surface area contributed by atoms with Gasteiger partial charge in [0.1, 0.15) is 5.82 Å². The summed E-state index contributed by atoms with van der Waals surface area (Å²) in [6.45, 7) is 5.42. The van der Waals surface area contributed by atoms with Crippen molar-refractivity contribution in [2.24, 2.45) is 0 Å². The van der Waals surface area contributed by atoms with Crippen molar-refractivity contribution in [2.75, 3.05) is 5.32 Å². The summed E-state index contributed by atoms with van der Waals surface area (Å²) in [5.41, 5.74) is -0.682. The van der Waals surface area contributed by atoms with Gasteiger partial charge in [0.05, 0.1) is 5.56 Å². The van der Waals surface area contributed by atoms with Gasteiger partial charge < -0.3 is 15.7 Å². The van der Waals surface area contributed by atoms with Crippen molar-refractivity contribution in [3.05, 3.63) is 29.6 Å². The third-order valence-electron chi connectivity index (χ3n) is 1.94. The second-order valence-electron chi connectivity index (χ2n) is 4.83. The van der Waals surface area contributed by atoms with Crippen LogP contribution in [0.25, 0.3) is 0 Å². The van der Waals surface area contributed by atoms with Gasteiger partial charge in [-0.3, -0.25) is 0 Å². The molecule has 6 heteroatoms. The average Bonchev–Trinajstić information content (AvgIpc) is 2.17.